The Morgan fingerprint density at radius 3 is 2.45 bits per heavy atom. The minimum atomic E-state index is -0.577. The molecule has 1 aliphatic heterocycles. The van der Waals surface area contributed by atoms with E-state index >= 15 is 0 Å². The standard InChI is InChI=1S/C16H24FNO2/c17-15-5-3-13(4-6-15)14-7-10-18(11-8-14)9-1-2-16(20)12-19/h3-6,14,16,19-20H,1-2,7-12H2. The van der Waals surface area contributed by atoms with Gasteiger partial charge in [-0.25, -0.2) is 4.39 Å². The maximum absolute atomic E-state index is 12.9. The molecule has 2 rings (SSSR count). The van der Waals surface area contributed by atoms with Crippen LogP contribution in [0.25, 0.3) is 0 Å². The Morgan fingerprint density at radius 1 is 1.20 bits per heavy atom. The van der Waals surface area contributed by atoms with Crippen molar-refractivity contribution in [3.63, 3.8) is 0 Å². The summed E-state index contributed by atoms with van der Waals surface area (Å²) in [5, 5.41) is 18.1. The Morgan fingerprint density at radius 2 is 1.85 bits per heavy atom. The van der Waals surface area contributed by atoms with Crippen LogP contribution in [0.4, 0.5) is 4.39 Å². The van der Waals surface area contributed by atoms with Gasteiger partial charge in [0.2, 0.25) is 0 Å². The molecule has 1 aromatic rings. The molecule has 0 amide bonds. The Bertz CT molecular complexity index is 388. The summed E-state index contributed by atoms with van der Waals surface area (Å²) in [6.45, 7) is 2.94. The summed E-state index contributed by atoms with van der Waals surface area (Å²) in [5.41, 5.74) is 1.24. The lowest BCUT2D eigenvalue weighted by Gasteiger charge is -2.32. The minimum Gasteiger partial charge on any atom is -0.394 e. The van der Waals surface area contributed by atoms with Gasteiger partial charge in [-0.2, -0.15) is 0 Å². The zero-order valence-electron chi connectivity index (χ0n) is 11.8. The smallest absolute Gasteiger partial charge is 0.123 e. The van der Waals surface area contributed by atoms with E-state index < -0.39 is 6.10 Å². The molecule has 0 spiro atoms. The number of likely N-dealkylation sites (tertiary alicyclic amines) is 1. The lowest BCUT2D eigenvalue weighted by atomic mass is 9.89. The van der Waals surface area contributed by atoms with Crippen molar-refractivity contribution in [3.8, 4) is 0 Å². The molecule has 1 heterocycles. The third-order valence-electron chi connectivity index (χ3n) is 4.15. The number of aliphatic hydroxyl groups is 2. The predicted molar refractivity (Wildman–Crippen MR) is 77.1 cm³/mol. The Hall–Kier alpha value is -0.970. The van der Waals surface area contributed by atoms with E-state index in [9.17, 15) is 9.50 Å². The second-order valence-electron chi connectivity index (χ2n) is 5.65. The fraction of sp³-hybridized carbons (Fsp3) is 0.625. The molecule has 1 fully saturated rings. The van der Waals surface area contributed by atoms with Crippen LogP contribution in [0.15, 0.2) is 24.3 Å². The number of nitrogens with zero attached hydrogens (tertiary/aromatic N) is 1. The summed E-state index contributed by atoms with van der Waals surface area (Å²) in [6, 6.07) is 6.87. The Balaban J connectivity index is 1.71. The number of hydrogen-bond donors (Lipinski definition) is 2. The lowest BCUT2D eigenvalue weighted by molar-refractivity contribution is 0.0821. The van der Waals surface area contributed by atoms with E-state index in [1.807, 2.05) is 12.1 Å². The van der Waals surface area contributed by atoms with Gasteiger partial charge in [0.25, 0.3) is 0 Å². The highest BCUT2D eigenvalue weighted by Crippen LogP contribution is 2.28. The van der Waals surface area contributed by atoms with E-state index in [1.54, 1.807) is 0 Å². The van der Waals surface area contributed by atoms with Gasteiger partial charge >= 0.3 is 0 Å². The van der Waals surface area contributed by atoms with Gasteiger partial charge in [-0.1, -0.05) is 12.1 Å². The summed E-state index contributed by atoms with van der Waals surface area (Å²) in [6.07, 6.45) is 3.21. The van der Waals surface area contributed by atoms with Crippen molar-refractivity contribution in [2.75, 3.05) is 26.2 Å². The minimum absolute atomic E-state index is 0.146. The average Bonchev–Trinajstić information content (AvgIpc) is 2.48. The number of hydrogen-bond acceptors (Lipinski definition) is 3. The summed E-state index contributed by atoms with van der Waals surface area (Å²) < 4.78 is 12.9. The molecule has 1 unspecified atom stereocenters. The average molecular weight is 281 g/mol. The third kappa shape index (κ3) is 4.54. The number of piperidine rings is 1. The van der Waals surface area contributed by atoms with Gasteiger partial charge in [-0.3, -0.25) is 0 Å². The molecule has 0 saturated carbocycles. The quantitative estimate of drug-likeness (QED) is 0.839. The molecule has 20 heavy (non-hydrogen) atoms. The summed E-state index contributed by atoms with van der Waals surface area (Å²) in [7, 11) is 0. The van der Waals surface area contributed by atoms with E-state index in [0.717, 1.165) is 38.9 Å². The third-order valence-corrected chi connectivity index (χ3v) is 4.15. The van der Waals surface area contributed by atoms with Gasteiger partial charge in [0, 0.05) is 0 Å². The molecule has 3 nitrogen and oxygen atoms in total. The molecule has 1 aliphatic rings. The van der Waals surface area contributed by atoms with Gasteiger partial charge < -0.3 is 15.1 Å². The van der Waals surface area contributed by atoms with Crippen LogP contribution in [0.1, 0.15) is 37.2 Å². The summed E-state index contributed by atoms with van der Waals surface area (Å²) >= 11 is 0. The molecule has 0 aliphatic carbocycles. The largest absolute Gasteiger partial charge is 0.394 e. The highest BCUT2D eigenvalue weighted by molar-refractivity contribution is 5.21. The van der Waals surface area contributed by atoms with E-state index in [1.165, 1.54) is 17.7 Å². The van der Waals surface area contributed by atoms with Crippen LogP contribution in [0.3, 0.4) is 0 Å². The van der Waals surface area contributed by atoms with Crippen molar-refractivity contribution in [1.82, 2.24) is 4.90 Å². The molecular weight excluding hydrogens is 257 g/mol. The van der Waals surface area contributed by atoms with Crippen molar-refractivity contribution in [2.45, 2.75) is 37.7 Å². The van der Waals surface area contributed by atoms with Crippen LogP contribution < -0.4 is 0 Å². The number of benzene rings is 1. The van der Waals surface area contributed by atoms with E-state index in [-0.39, 0.29) is 12.4 Å². The first-order valence-electron chi connectivity index (χ1n) is 7.46. The van der Waals surface area contributed by atoms with Crippen molar-refractivity contribution in [1.29, 1.82) is 0 Å². The Labute approximate surface area is 120 Å². The molecule has 0 radical (unpaired) electrons. The molecule has 1 aromatic carbocycles. The highest BCUT2D eigenvalue weighted by atomic mass is 19.1. The summed E-state index contributed by atoms with van der Waals surface area (Å²) in [5.74, 6) is 0.364. The maximum Gasteiger partial charge on any atom is 0.123 e. The first kappa shape index (κ1) is 15.4. The molecule has 1 atom stereocenters. The monoisotopic (exact) mass is 281 g/mol. The fourth-order valence-electron chi connectivity index (χ4n) is 2.87. The van der Waals surface area contributed by atoms with Gasteiger partial charge in [-0.15, -0.1) is 0 Å². The van der Waals surface area contributed by atoms with Crippen LogP contribution in [0, 0.1) is 5.82 Å². The SMILES string of the molecule is OCC(O)CCCN1CCC(c2ccc(F)cc2)CC1. The van der Waals surface area contributed by atoms with Crippen LogP contribution in [-0.4, -0.2) is 47.5 Å². The van der Waals surface area contributed by atoms with Crippen LogP contribution >= 0.6 is 0 Å². The van der Waals surface area contributed by atoms with E-state index in [4.69, 9.17) is 5.11 Å². The lowest BCUT2D eigenvalue weighted by Crippen LogP contribution is -2.34. The van der Waals surface area contributed by atoms with Crippen molar-refractivity contribution in [3.05, 3.63) is 35.6 Å². The molecule has 0 bridgehead atoms. The first-order chi connectivity index (χ1) is 9.69. The van der Waals surface area contributed by atoms with Crippen molar-refractivity contribution >= 4 is 0 Å². The number of rotatable bonds is 6. The van der Waals surface area contributed by atoms with Gasteiger partial charge in [0.05, 0.1) is 12.7 Å². The zero-order chi connectivity index (χ0) is 14.4. The van der Waals surface area contributed by atoms with E-state index in [0.29, 0.717) is 12.3 Å². The highest BCUT2D eigenvalue weighted by Gasteiger charge is 2.20. The molecule has 0 aromatic heterocycles. The second kappa shape index (κ2) is 7.72. The summed E-state index contributed by atoms with van der Waals surface area (Å²) in [4.78, 5) is 2.41. The first-order valence-corrected chi connectivity index (χ1v) is 7.46. The fourth-order valence-corrected chi connectivity index (χ4v) is 2.87. The van der Waals surface area contributed by atoms with Crippen LogP contribution in [-0.2, 0) is 0 Å². The van der Waals surface area contributed by atoms with Gasteiger partial charge in [-0.05, 0) is 68.9 Å². The normalized spacial score (nSPS) is 19.1. The Kier molecular flexibility index (Phi) is 5.95. The number of halogens is 1. The zero-order valence-corrected chi connectivity index (χ0v) is 11.8. The van der Waals surface area contributed by atoms with Crippen LogP contribution in [0.2, 0.25) is 0 Å². The van der Waals surface area contributed by atoms with Gasteiger partial charge in [0.1, 0.15) is 5.82 Å². The predicted octanol–water partition coefficient (Wildman–Crippen LogP) is 2.14. The molecular formula is C16H24FNO2. The van der Waals surface area contributed by atoms with E-state index in [2.05, 4.69) is 4.90 Å². The molecule has 4 heteroatoms. The van der Waals surface area contributed by atoms with Crippen LogP contribution in [0.5, 0.6) is 0 Å². The molecule has 112 valence electrons. The second-order valence-corrected chi connectivity index (χ2v) is 5.65. The van der Waals surface area contributed by atoms with Gasteiger partial charge in [0.15, 0.2) is 0 Å². The number of aliphatic hydroxyl groups excluding tert-OH is 2. The topological polar surface area (TPSA) is 43.7 Å². The molecule has 2 N–H and O–H groups in total. The van der Waals surface area contributed by atoms with Crippen molar-refractivity contribution < 1.29 is 14.6 Å². The van der Waals surface area contributed by atoms with Crippen molar-refractivity contribution in [2.24, 2.45) is 0 Å². The maximum atomic E-state index is 12.9. The molecule has 1 saturated heterocycles.